The molecule has 0 unspecified atom stereocenters. The molecule has 4 nitrogen and oxygen atoms in total. The first-order valence-corrected chi connectivity index (χ1v) is 6.16. The average molecular weight is 255 g/mol. The van der Waals surface area contributed by atoms with Gasteiger partial charge in [-0.05, 0) is 20.8 Å². The molecule has 19 heavy (non-hydrogen) atoms. The van der Waals surface area contributed by atoms with Crippen LogP contribution in [0.2, 0.25) is 0 Å². The van der Waals surface area contributed by atoms with Crippen molar-refractivity contribution < 1.29 is 4.79 Å². The summed E-state index contributed by atoms with van der Waals surface area (Å²) in [5.41, 5.74) is 1.13. The second-order valence-corrected chi connectivity index (χ2v) is 5.37. The Morgan fingerprint density at radius 2 is 1.63 bits per heavy atom. The van der Waals surface area contributed by atoms with E-state index >= 15 is 0 Å². The van der Waals surface area contributed by atoms with Gasteiger partial charge in [0.05, 0.1) is 5.56 Å². The van der Waals surface area contributed by atoms with Crippen LogP contribution < -0.4 is 5.32 Å². The molecule has 0 aliphatic carbocycles. The second-order valence-electron chi connectivity index (χ2n) is 5.37. The van der Waals surface area contributed by atoms with E-state index in [-0.39, 0.29) is 11.4 Å². The Bertz CT molecular complexity index is 556. The van der Waals surface area contributed by atoms with Gasteiger partial charge >= 0.3 is 0 Å². The molecule has 0 aliphatic rings. The number of aromatic nitrogens is 2. The van der Waals surface area contributed by atoms with E-state index in [0.29, 0.717) is 11.4 Å². The van der Waals surface area contributed by atoms with Gasteiger partial charge < -0.3 is 5.32 Å². The quantitative estimate of drug-likeness (QED) is 0.897. The molecule has 98 valence electrons. The average Bonchev–Trinajstić information content (AvgIpc) is 2.38. The maximum absolute atomic E-state index is 11.9. The van der Waals surface area contributed by atoms with Crippen molar-refractivity contribution in [2.45, 2.75) is 26.3 Å². The number of carbonyl (C=O) groups excluding carboxylic acids is 1. The summed E-state index contributed by atoms with van der Waals surface area (Å²) in [6, 6.07) is 9.67. The molecule has 1 amide bonds. The summed E-state index contributed by atoms with van der Waals surface area (Å²) in [5.74, 6) is 0.458. The van der Waals surface area contributed by atoms with Crippen LogP contribution >= 0.6 is 0 Å². The fourth-order valence-electron chi connectivity index (χ4n) is 1.59. The molecule has 1 aromatic carbocycles. The Morgan fingerprint density at radius 3 is 2.16 bits per heavy atom. The first-order valence-electron chi connectivity index (χ1n) is 6.16. The van der Waals surface area contributed by atoms with Gasteiger partial charge in [0.2, 0.25) is 0 Å². The number of nitrogens with one attached hydrogen (secondary N) is 1. The molecule has 0 spiro atoms. The fourth-order valence-corrected chi connectivity index (χ4v) is 1.59. The Labute approximate surface area is 112 Å². The molecule has 0 radical (unpaired) electrons. The zero-order chi connectivity index (χ0) is 13.9. The van der Waals surface area contributed by atoms with E-state index < -0.39 is 0 Å². The fraction of sp³-hybridized carbons (Fsp3) is 0.267. The standard InChI is InChI=1S/C15H17N3O/c1-15(2,3)18-14(19)12-9-16-13(17-10-12)11-7-5-4-6-8-11/h4-10H,1-3H3,(H,18,19). The Morgan fingerprint density at radius 1 is 1.05 bits per heavy atom. The third kappa shape index (κ3) is 3.61. The summed E-state index contributed by atoms with van der Waals surface area (Å²) in [6.07, 6.45) is 3.10. The summed E-state index contributed by atoms with van der Waals surface area (Å²) in [6.45, 7) is 5.80. The lowest BCUT2D eigenvalue weighted by Gasteiger charge is -2.20. The minimum atomic E-state index is -0.269. The van der Waals surface area contributed by atoms with Crippen molar-refractivity contribution in [3.63, 3.8) is 0 Å². The third-order valence-corrected chi connectivity index (χ3v) is 2.43. The van der Waals surface area contributed by atoms with Crippen LogP contribution in [0.5, 0.6) is 0 Å². The van der Waals surface area contributed by atoms with E-state index in [1.807, 2.05) is 51.1 Å². The number of amides is 1. The van der Waals surface area contributed by atoms with Crippen molar-refractivity contribution in [2.75, 3.05) is 0 Å². The lowest BCUT2D eigenvalue weighted by atomic mass is 10.1. The number of carbonyl (C=O) groups is 1. The van der Waals surface area contributed by atoms with Crippen LogP contribution in [0.3, 0.4) is 0 Å². The molecule has 0 atom stereocenters. The molecule has 1 N–H and O–H groups in total. The molecule has 0 aliphatic heterocycles. The van der Waals surface area contributed by atoms with Crippen LogP contribution in [-0.4, -0.2) is 21.4 Å². The topological polar surface area (TPSA) is 54.9 Å². The number of benzene rings is 1. The highest BCUT2D eigenvalue weighted by Crippen LogP contribution is 2.13. The van der Waals surface area contributed by atoms with E-state index in [9.17, 15) is 4.79 Å². The maximum atomic E-state index is 11.9. The van der Waals surface area contributed by atoms with Crippen molar-refractivity contribution >= 4 is 5.91 Å². The van der Waals surface area contributed by atoms with Gasteiger partial charge in [0.15, 0.2) is 5.82 Å². The van der Waals surface area contributed by atoms with Crippen molar-refractivity contribution in [3.8, 4) is 11.4 Å². The first kappa shape index (κ1) is 13.2. The van der Waals surface area contributed by atoms with Crippen LogP contribution in [0.4, 0.5) is 0 Å². The number of hydrogen-bond acceptors (Lipinski definition) is 3. The lowest BCUT2D eigenvalue weighted by molar-refractivity contribution is 0.0919. The van der Waals surface area contributed by atoms with E-state index in [4.69, 9.17) is 0 Å². The van der Waals surface area contributed by atoms with Crippen molar-refractivity contribution in [2.24, 2.45) is 0 Å². The lowest BCUT2D eigenvalue weighted by Crippen LogP contribution is -2.40. The second kappa shape index (κ2) is 5.18. The number of hydrogen-bond donors (Lipinski definition) is 1. The van der Waals surface area contributed by atoms with Gasteiger partial charge in [0.1, 0.15) is 0 Å². The summed E-state index contributed by atoms with van der Waals surface area (Å²) < 4.78 is 0. The highest BCUT2D eigenvalue weighted by atomic mass is 16.1. The molecule has 2 rings (SSSR count). The number of nitrogens with zero attached hydrogens (tertiary/aromatic N) is 2. The normalized spacial score (nSPS) is 11.1. The molecule has 0 saturated heterocycles. The molecule has 4 heteroatoms. The van der Waals surface area contributed by atoms with Crippen LogP contribution in [0.15, 0.2) is 42.7 Å². The summed E-state index contributed by atoms with van der Waals surface area (Å²) in [4.78, 5) is 20.4. The van der Waals surface area contributed by atoms with Crippen LogP contribution in [0.1, 0.15) is 31.1 Å². The molecule has 0 bridgehead atoms. The van der Waals surface area contributed by atoms with Gasteiger partial charge in [-0.1, -0.05) is 30.3 Å². The van der Waals surface area contributed by atoms with E-state index in [2.05, 4.69) is 15.3 Å². The van der Waals surface area contributed by atoms with Gasteiger partial charge in [-0.2, -0.15) is 0 Å². The molecule has 1 aromatic heterocycles. The van der Waals surface area contributed by atoms with Gasteiger partial charge in [0.25, 0.3) is 5.91 Å². The molecule has 2 aromatic rings. The number of rotatable bonds is 2. The van der Waals surface area contributed by atoms with E-state index in [1.54, 1.807) is 12.4 Å². The minimum Gasteiger partial charge on any atom is -0.347 e. The van der Waals surface area contributed by atoms with Crippen molar-refractivity contribution in [1.82, 2.24) is 15.3 Å². The zero-order valence-corrected chi connectivity index (χ0v) is 11.3. The van der Waals surface area contributed by atoms with E-state index in [1.165, 1.54) is 0 Å². The minimum absolute atomic E-state index is 0.160. The molecular formula is C15H17N3O. The summed E-state index contributed by atoms with van der Waals surface area (Å²) in [7, 11) is 0. The molecular weight excluding hydrogens is 238 g/mol. The van der Waals surface area contributed by atoms with Gasteiger partial charge in [0, 0.05) is 23.5 Å². The predicted molar refractivity (Wildman–Crippen MR) is 74.7 cm³/mol. The van der Waals surface area contributed by atoms with Gasteiger partial charge in [-0.25, -0.2) is 9.97 Å². The zero-order valence-electron chi connectivity index (χ0n) is 11.3. The van der Waals surface area contributed by atoms with Gasteiger partial charge in [-0.15, -0.1) is 0 Å². The first-order chi connectivity index (χ1) is 8.96. The van der Waals surface area contributed by atoms with E-state index in [0.717, 1.165) is 5.56 Å². The van der Waals surface area contributed by atoms with Crippen LogP contribution in [-0.2, 0) is 0 Å². The molecule has 0 fully saturated rings. The van der Waals surface area contributed by atoms with Crippen LogP contribution in [0, 0.1) is 0 Å². The summed E-state index contributed by atoms with van der Waals surface area (Å²) in [5, 5.41) is 2.88. The van der Waals surface area contributed by atoms with Gasteiger partial charge in [-0.3, -0.25) is 4.79 Å². The van der Waals surface area contributed by atoms with Crippen molar-refractivity contribution in [1.29, 1.82) is 0 Å². The Balaban J connectivity index is 2.17. The Kier molecular flexibility index (Phi) is 3.60. The molecule has 1 heterocycles. The highest BCUT2D eigenvalue weighted by Gasteiger charge is 2.15. The SMILES string of the molecule is CC(C)(C)NC(=O)c1cnc(-c2ccccc2)nc1. The van der Waals surface area contributed by atoms with Crippen LogP contribution in [0.25, 0.3) is 11.4 Å². The maximum Gasteiger partial charge on any atom is 0.254 e. The summed E-state index contributed by atoms with van der Waals surface area (Å²) >= 11 is 0. The van der Waals surface area contributed by atoms with Crippen molar-refractivity contribution in [3.05, 3.63) is 48.3 Å². The third-order valence-electron chi connectivity index (χ3n) is 2.43. The monoisotopic (exact) mass is 255 g/mol. The smallest absolute Gasteiger partial charge is 0.254 e. The highest BCUT2D eigenvalue weighted by molar-refractivity contribution is 5.94. The Hall–Kier alpha value is -2.23. The largest absolute Gasteiger partial charge is 0.347 e. The molecule has 0 saturated carbocycles. The predicted octanol–water partition coefficient (Wildman–Crippen LogP) is 2.67.